The van der Waals surface area contributed by atoms with Gasteiger partial charge in [-0.3, -0.25) is 0 Å². The average molecular weight is 167 g/mol. The molecule has 1 rings (SSSR count). The number of primary amides is 1. The third kappa shape index (κ3) is 2.16. The van der Waals surface area contributed by atoms with Gasteiger partial charge in [0.1, 0.15) is 0 Å². The molecule has 0 fully saturated rings. The predicted octanol–water partition coefficient (Wildman–Crippen LogP) is 0.883. The second kappa shape index (κ2) is 3.30. The molecule has 4 heteroatoms. The third-order valence-corrected chi connectivity index (χ3v) is 1.59. The number of rotatable bonds is 1. The molecule has 2 N–H and O–H groups in total. The van der Waals surface area contributed by atoms with Crippen LogP contribution in [0.25, 0.3) is 0 Å². The zero-order valence-corrected chi connectivity index (χ0v) is 6.60. The van der Waals surface area contributed by atoms with Crippen molar-refractivity contribution in [3.05, 3.63) is 23.9 Å². The van der Waals surface area contributed by atoms with E-state index in [1.54, 1.807) is 12.2 Å². The minimum absolute atomic E-state index is 0.509. The molecule has 0 spiro atoms. The van der Waals surface area contributed by atoms with E-state index >= 15 is 0 Å². The lowest BCUT2D eigenvalue weighted by Gasteiger charge is -2.06. The molecule has 0 atom stereocenters. The van der Waals surface area contributed by atoms with E-state index in [-0.39, 0.29) is 0 Å². The second-order valence-electron chi connectivity index (χ2n) is 2.06. The Morgan fingerprint density at radius 1 is 1.73 bits per heavy atom. The van der Waals surface area contributed by atoms with Gasteiger partial charge in [-0.25, -0.2) is 4.79 Å². The van der Waals surface area contributed by atoms with Crippen LogP contribution in [0.5, 0.6) is 0 Å². The summed E-state index contributed by atoms with van der Waals surface area (Å²) < 4.78 is 0. The number of nitrogens with two attached hydrogens (primary N) is 1. The maximum atomic E-state index is 10.3. The van der Waals surface area contributed by atoms with Gasteiger partial charge in [0.2, 0.25) is 0 Å². The first-order chi connectivity index (χ1) is 5.20. The lowest BCUT2D eigenvalue weighted by atomic mass is 10.1. The molecule has 3 nitrogen and oxygen atoms in total. The van der Waals surface area contributed by atoms with Crippen molar-refractivity contribution in [1.82, 2.24) is 5.32 Å². The fraction of sp³-hybridized carbons (Fsp3) is 0.143. The van der Waals surface area contributed by atoms with Crippen LogP contribution in [0.1, 0.15) is 6.42 Å². The number of urea groups is 1. The summed E-state index contributed by atoms with van der Waals surface area (Å²) in [6.07, 6.45) is 6.05. The minimum atomic E-state index is -0.700. The van der Waals surface area contributed by atoms with Gasteiger partial charge in [-0.1, -0.05) is 24.4 Å². The lowest BCUT2D eigenvalue weighted by molar-refractivity contribution is 0.251. The molecule has 0 aromatic heterocycles. The first-order valence-corrected chi connectivity index (χ1v) is 3.52. The van der Waals surface area contributed by atoms with Crippen LogP contribution in [0.15, 0.2) is 23.9 Å². The Morgan fingerprint density at radius 2 is 2.45 bits per heavy atom. The molecule has 0 aromatic carbocycles. The number of nitrogens with zero attached hydrogens (tertiary/aromatic N) is 1. The second-order valence-corrected chi connectivity index (χ2v) is 2.55. The van der Waals surface area contributed by atoms with Crippen molar-refractivity contribution >= 4 is 23.1 Å². The van der Waals surface area contributed by atoms with Gasteiger partial charge in [0.15, 0.2) is 0 Å². The molecule has 1 radical (unpaired) electrons. The van der Waals surface area contributed by atoms with Crippen molar-refractivity contribution in [3.63, 3.8) is 0 Å². The molecule has 0 aromatic rings. The Hall–Kier alpha value is -1.16. The summed E-state index contributed by atoms with van der Waals surface area (Å²) in [5.41, 5.74) is 5.36. The highest BCUT2D eigenvalue weighted by Crippen LogP contribution is 2.07. The van der Waals surface area contributed by atoms with Crippen molar-refractivity contribution in [2.45, 2.75) is 6.42 Å². The van der Waals surface area contributed by atoms with Gasteiger partial charge in [0.05, 0.1) is 5.70 Å². The Balaban J connectivity index is 2.68. The van der Waals surface area contributed by atoms with Gasteiger partial charge in [-0.2, -0.15) is 5.32 Å². The third-order valence-electron chi connectivity index (χ3n) is 1.21. The number of carbonyl (C=O) groups is 1. The predicted molar refractivity (Wildman–Crippen MR) is 46.2 cm³/mol. The summed E-state index contributed by atoms with van der Waals surface area (Å²) in [6, 6.07) is -0.700. The van der Waals surface area contributed by atoms with E-state index in [2.05, 4.69) is 5.32 Å². The number of carbonyl (C=O) groups excluding carboxylic acids is 1. The number of allylic oxidation sites excluding steroid dienone is 4. The summed E-state index contributed by atoms with van der Waals surface area (Å²) in [7, 11) is 0. The van der Waals surface area contributed by atoms with Crippen molar-refractivity contribution < 1.29 is 4.79 Å². The van der Waals surface area contributed by atoms with Crippen LogP contribution in [0.4, 0.5) is 4.79 Å². The van der Waals surface area contributed by atoms with Crippen molar-refractivity contribution in [1.29, 1.82) is 0 Å². The van der Waals surface area contributed by atoms with E-state index in [9.17, 15) is 4.79 Å². The molecule has 1 aliphatic rings. The van der Waals surface area contributed by atoms with Crippen LogP contribution in [-0.2, 0) is 0 Å². The van der Waals surface area contributed by atoms with E-state index < -0.39 is 6.03 Å². The number of hydrogen-bond donors (Lipinski definition) is 1. The smallest absolute Gasteiger partial charge is 0.338 e. The fourth-order valence-electron chi connectivity index (χ4n) is 0.750. The highest BCUT2D eigenvalue weighted by atomic mass is 32.1. The van der Waals surface area contributed by atoms with Gasteiger partial charge in [-0.15, -0.1) is 0 Å². The average Bonchev–Trinajstić information content (AvgIpc) is 1.93. The first-order valence-electron chi connectivity index (χ1n) is 3.11. The Morgan fingerprint density at radius 3 is 3.00 bits per heavy atom. The zero-order chi connectivity index (χ0) is 8.27. The number of amides is 2. The molecule has 0 heterocycles. The molecule has 2 amide bonds. The summed E-state index contributed by atoms with van der Waals surface area (Å²) in [5.74, 6) is 0. The highest BCUT2D eigenvalue weighted by molar-refractivity contribution is 7.80. The van der Waals surface area contributed by atoms with E-state index in [0.29, 0.717) is 17.0 Å². The Labute approximate surface area is 70.0 Å². The topological polar surface area (TPSA) is 57.2 Å². The van der Waals surface area contributed by atoms with E-state index in [1.165, 1.54) is 0 Å². The monoisotopic (exact) mass is 167 g/mol. The molecular formula is C7H7N2OS. The van der Waals surface area contributed by atoms with E-state index in [1.807, 2.05) is 6.08 Å². The van der Waals surface area contributed by atoms with Crippen LogP contribution in [0.2, 0.25) is 0 Å². The van der Waals surface area contributed by atoms with Gasteiger partial charge < -0.3 is 5.73 Å². The van der Waals surface area contributed by atoms with Gasteiger partial charge in [0.25, 0.3) is 0 Å². The van der Waals surface area contributed by atoms with Crippen LogP contribution in [-0.4, -0.2) is 10.9 Å². The normalized spacial score (nSPS) is 16.0. The van der Waals surface area contributed by atoms with Crippen LogP contribution in [0.3, 0.4) is 0 Å². The molecule has 1 aliphatic carbocycles. The molecular weight excluding hydrogens is 160 g/mol. The molecule has 0 saturated heterocycles. The molecule has 0 unspecified atom stereocenters. The minimum Gasteiger partial charge on any atom is -0.350 e. The zero-order valence-electron chi connectivity index (χ0n) is 5.78. The quantitative estimate of drug-likeness (QED) is 0.589. The number of thiocarbonyl (C=S) groups is 1. The van der Waals surface area contributed by atoms with Gasteiger partial charge in [-0.05, 0) is 6.08 Å². The lowest BCUT2D eigenvalue weighted by Crippen LogP contribution is -2.25. The Bertz CT molecular complexity index is 255. The standard InChI is InChI=1S/C7H7N2OS/c8-7(10)9-5-3-1-2-4-6(5)11/h1-3H,4H2,(H2,8,10). The molecule has 11 heavy (non-hydrogen) atoms. The van der Waals surface area contributed by atoms with Crippen molar-refractivity contribution in [2.75, 3.05) is 0 Å². The first kappa shape index (κ1) is 7.94. The number of hydrogen-bond acceptors (Lipinski definition) is 2. The van der Waals surface area contributed by atoms with E-state index in [4.69, 9.17) is 18.0 Å². The maximum absolute atomic E-state index is 10.3. The summed E-state index contributed by atoms with van der Waals surface area (Å²) in [4.78, 5) is 11.0. The van der Waals surface area contributed by atoms with Gasteiger partial charge in [0, 0.05) is 11.3 Å². The van der Waals surface area contributed by atoms with Crippen LogP contribution < -0.4 is 11.1 Å². The largest absolute Gasteiger partial charge is 0.350 e. The molecule has 57 valence electrons. The highest BCUT2D eigenvalue weighted by Gasteiger charge is 2.09. The fourth-order valence-corrected chi connectivity index (χ4v) is 0.960. The van der Waals surface area contributed by atoms with Gasteiger partial charge >= 0.3 is 6.03 Å². The Kier molecular flexibility index (Phi) is 2.38. The summed E-state index contributed by atoms with van der Waals surface area (Å²) in [6.45, 7) is 0. The maximum Gasteiger partial charge on any atom is 0.338 e. The SMILES string of the molecule is NC(=O)[N]C1=CC=CCC1=S. The van der Waals surface area contributed by atoms with Crippen molar-refractivity contribution in [3.8, 4) is 0 Å². The van der Waals surface area contributed by atoms with Crippen LogP contribution in [0, 0.1) is 0 Å². The molecule has 0 bridgehead atoms. The molecule has 0 aliphatic heterocycles. The summed E-state index contributed by atoms with van der Waals surface area (Å²) in [5, 5.41) is 3.52. The summed E-state index contributed by atoms with van der Waals surface area (Å²) >= 11 is 4.92. The van der Waals surface area contributed by atoms with E-state index in [0.717, 1.165) is 0 Å². The van der Waals surface area contributed by atoms with Crippen LogP contribution >= 0.6 is 12.2 Å². The molecule has 0 saturated carbocycles. The van der Waals surface area contributed by atoms with Crippen molar-refractivity contribution in [2.24, 2.45) is 5.73 Å².